The average molecular weight is 207 g/mol. The molecule has 4 fully saturated rings. The van der Waals surface area contributed by atoms with Crippen LogP contribution < -0.4 is 0 Å². The topological polar surface area (TPSA) is 3.24 Å². The van der Waals surface area contributed by atoms with Gasteiger partial charge in [-0.05, 0) is 56.4 Å². The highest BCUT2D eigenvalue weighted by atomic mass is 15.3. The number of hydrogen-bond donors (Lipinski definition) is 0. The Kier molecular flexibility index (Phi) is 2.03. The second-order valence-corrected chi connectivity index (χ2v) is 6.98. The fraction of sp³-hybridized carbons (Fsp3) is 1.00. The first kappa shape index (κ1) is 10.1. The van der Waals surface area contributed by atoms with Gasteiger partial charge in [0.05, 0.1) is 0 Å². The Morgan fingerprint density at radius 2 is 1.73 bits per heavy atom. The highest BCUT2D eigenvalue weighted by Crippen LogP contribution is 2.58. The summed E-state index contributed by atoms with van der Waals surface area (Å²) in [6, 6.07) is 0.941. The zero-order valence-electron chi connectivity index (χ0n) is 10.6. The summed E-state index contributed by atoms with van der Waals surface area (Å²) in [5, 5.41) is 0. The van der Waals surface area contributed by atoms with Crippen LogP contribution in [-0.4, -0.2) is 23.0 Å². The van der Waals surface area contributed by atoms with E-state index in [0.29, 0.717) is 11.0 Å². The Labute approximate surface area is 94.2 Å². The molecule has 4 aliphatic rings. The molecular weight excluding hydrogens is 182 g/mol. The normalized spacial score (nSPS) is 45.8. The Bertz CT molecular complexity index is 257. The fourth-order valence-corrected chi connectivity index (χ4v) is 5.09. The predicted molar refractivity (Wildman–Crippen MR) is 63.9 cm³/mol. The van der Waals surface area contributed by atoms with Crippen molar-refractivity contribution in [2.45, 2.75) is 70.9 Å². The van der Waals surface area contributed by atoms with Crippen molar-refractivity contribution in [1.29, 1.82) is 0 Å². The summed E-state index contributed by atoms with van der Waals surface area (Å²) in [7, 11) is 0. The van der Waals surface area contributed by atoms with Gasteiger partial charge in [0.2, 0.25) is 0 Å². The van der Waals surface area contributed by atoms with Crippen LogP contribution in [0.25, 0.3) is 0 Å². The molecule has 86 valence electrons. The van der Waals surface area contributed by atoms with E-state index in [1.54, 1.807) is 0 Å². The second-order valence-electron chi connectivity index (χ2n) is 6.98. The van der Waals surface area contributed by atoms with E-state index in [4.69, 9.17) is 0 Å². The summed E-state index contributed by atoms with van der Waals surface area (Å²) in [5.41, 5.74) is 1.06. The Hall–Kier alpha value is -0.0400. The lowest BCUT2D eigenvalue weighted by Gasteiger charge is -2.62. The van der Waals surface area contributed by atoms with Crippen LogP contribution in [0.3, 0.4) is 0 Å². The fourth-order valence-electron chi connectivity index (χ4n) is 5.09. The van der Waals surface area contributed by atoms with E-state index in [1.165, 1.54) is 45.1 Å². The van der Waals surface area contributed by atoms with Crippen molar-refractivity contribution in [3.63, 3.8) is 0 Å². The van der Waals surface area contributed by atoms with E-state index in [2.05, 4.69) is 25.7 Å². The summed E-state index contributed by atoms with van der Waals surface area (Å²) >= 11 is 0. The molecule has 0 aromatic rings. The van der Waals surface area contributed by atoms with Crippen LogP contribution in [-0.2, 0) is 0 Å². The smallest absolute Gasteiger partial charge is 0.0289 e. The summed E-state index contributed by atoms with van der Waals surface area (Å²) < 4.78 is 0. The molecule has 4 rings (SSSR count). The molecule has 2 bridgehead atoms. The molecule has 1 atom stereocenters. The van der Waals surface area contributed by atoms with E-state index in [9.17, 15) is 0 Å². The van der Waals surface area contributed by atoms with Crippen LogP contribution >= 0.6 is 0 Å². The molecule has 0 aromatic heterocycles. The number of fused-ring (bicyclic) bond motifs is 2. The molecule has 0 amide bonds. The van der Waals surface area contributed by atoms with Crippen molar-refractivity contribution < 1.29 is 0 Å². The molecule has 0 N–H and O–H groups in total. The van der Waals surface area contributed by atoms with Crippen molar-refractivity contribution in [2.75, 3.05) is 6.54 Å². The first-order valence-electron chi connectivity index (χ1n) is 6.82. The van der Waals surface area contributed by atoms with Crippen LogP contribution in [0.2, 0.25) is 0 Å². The number of piperidine rings is 2. The third-order valence-electron chi connectivity index (χ3n) is 5.58. The number of rotatable bonds is 0. The Morgan fingerprint density at radius 1 is 1.07 bits per heavy atom. The van der Waals surface area contributed by atoms with E-state index in [-0.39, 0.29) is 0 Å². The van der Waals surface area contributed by atoms with Gasteiger partial charge in [-0.1, -0.05) is 20.8 Å². The summed E-state index contributed by atoms with van der Waals surface area (Å²) in [6.45, 7) is 8.82. The van der Waals surface area contributed by atoms with E-state index >= 15 is 0 Å². The van der Waals surface area contributed by atoms with Crippen LogP contribution in [0.1, 0.15) is 59.3 Å². The molecular formula is C14H25N. The molecule has 3 saturated heterocycles. The minimum absolute atomic E-state index is 0.479. The van der Waals surface area contributed by atoms with Crippen molar-refractivity contribution in [1.82, 2.24) is 4.90 Å². The van der Waals surface area contributed by atoms with Crippen molar-refractivity contribution >= 4 is 0 Å². The lowest BCUT2D eigenvalue weighted by Crippen LogP contribution is -2.66. The van der Waals surface area contributed by atoms with Gasteiger partial charge in [0, 0.05) is 11.6 Å². The Morgan fingerprint density at radius 3 is 2.27 bits per heavy atom. The van der Waals surface area contributed by atoms with Gasteiger partial charge in [-0.25, -0.2) is 0 Å². The molecule has 1 heteroatoms. The third-order valence-corrected chi connectivity index (χ3v) is 5.58. The molecule has 1 unspecified atom stereocenters. The molecule has 3 aliphatic heterocycles. The summed E-state index contributed by atoms with van der Waals surface area (Å²) in [4.78, 5) is 2.92. The molecule has 15 heavy (non-hydrogen) atoms. The average Bonchev–Trinajstić information content (AvgIpc) is 2.65. The number of nitrogens with zero attached hydrogens (tertiary/aromatic N) is 1. The molecule has 1 saturated carbocycles. The van der Waals surface area contributed by atoms with Crippen LogP contribution in [0.5, 0.6) is 0 Å². The van der Waals surface area contributed by atoms with E-state index in [0.717, 1.165) is 12.0 Å². The van der Waals surface area contributed by atoms with Gasteiger partial charge in [-0.2, -0.15) is 0 Å². The maximum atomic E-state index is 2.92. The first-order chi connectivity index (χ1) is 7.06. The van der Waals surface area contributed by atoms with Gasteiger partial charge in [0.15, 0.2) is 0 Å². The molecule has 0 aromatic carbocycles. The van der Waals surface area contributed by atoms with Crippen LogP contribution in [0, 0.1) is 11.3 Å². The lowest BCUT2D eigenvalue weighted by molar-refractivity contribution is -0.119. The lowest BCUT2D eigenvalue weighted by atomic mass is 9.57. The standard InChI is InChI=1S/C14H25N/c1-13(2,3)14-9-4-10-15(14)12-7-5-11(14)6-8-12/h11-12H,4-10H2,1-3H3. The quantitative estimate of drug-likeness (QED) is 0.588. The molecule has 0 radical (unpaired) electrons. The zero-order valence-corrected chi connectivity index (χ0v) is 10.6. The van der Waals surface area contributed by atoms with Crippen LogP contribution in [0.4, 0.5) is 0 Å². The SMILES string of the molecule is CC(C)(C)C12CCCN1C1CCC2CC1. The molecule has 1 aliphatic carbocycles. The van der Waals surface area contributed by atoms with E-state index < -0.39 is 0 Å². The maximum absolute atomic E-state index is 2.92. The summed E-state index contributed by atoms with van der Waals surface area (Å²) in [6.07, 6.45) is 8.92. The minimum atomic E-state index is 0.479. The largest absolute Gasteiger partial charge is 0.294 e. The monoisotopic (exact) mass is 207 g/mol. The van der Waals surface area contributed by atoms with Crippen molar-refractivity contribution in [2.24, 2.45) is 11.3 Å². The van der Waals surface area contributed by atoms with Crippen LogP contribution in [0.15, 0.2) is 0 Å². The van der Waals surface area contributed by atoms with Gasteiger partial charge >= 0.3 is 0 Å². The molecule has 0 spiro atoms. The van der Waals surface area contributed by atoms with Crippen molar-refractivity contribution in [3.05, 3.63) is 0 Å². The van der Waals surface area contributed by atoms with Crippen molar-refractivity contribution in [3.8, 4) is 0 Å². The number of hydrogen-bond acceptors (Lipinski definition) is 1. The summed E-state index contributed by atoms with van der Waals surface area (Å²) in [5.74, 6) is 1.00. The highest BCUT2D eigenvalue weighted by molar-refractivity contribution is 5.14. The zero-order chi connectivity index (χ0) is 10.7. The van der Waals surface area contributed by atoms with Gasteiger partial charge in [-0.15, -0.1) is 0 Å². The molecule has 1 nitrogen and oxygen atoms in total. The van der Waals surface area contributed by atoms with Gasteiger partial charge in [0.1, 0.15) is 0 Å². The first-order valence-corrected chi connectivity index (χ1v) is 6.82. The van der Waals surface area contributed by atoms with Gasteiger partial charge < -0.3 is 0 Å². The molecule has 3 heterocycles. The second kappa shape index (κ2) is 3.00. The Balaban J connectivity index is 2.04. The van der Waals surface area contributed by atoms with Gasteiger partial charge in [-0.3, -0.25) is 4.90 Å². The minimum Gasteiger partial charge on any atom is -0.294 e. The highest BCUT2D eigenvalue weighted by Gasteiger charge is 2.59. The third kappa shape index (κ3) is 1.13. The maximum Gasteiger partial charge on any atom is 0.0289 e. The predicted octanol–water partition coefficient (Wildman–Crippen LogP) is 3.44. The van der Waals surface area contributed by atoms with Gasteiger partial charge in [0.25, 0.3) is 0 Å². The van der Waals surface area contributed by atoms with E-state index in [1.807, 2.05) is 0 Å².